The minimum absolute atomic E-state index is 0.186. The van der Waals surface area contributed by atoms with Crippen molar-refractivity contribution in [1.82, 2.24) is 10.3 Å². The third-order valence-corrected chi connectivity index (χ3v) is 6.54. The summed E-state index contributed by atoms with van der Waals surface area (Å²) in [6.45, 7) is 0.0464. The second-order valence-electron chi connectivity index (χ2n) is 9.07. The average Bonchev–Trinajstić information content (AvgIpc) is 3.40. The molecule has 0 spiro atoms. The first kappa shape index (κ1) is 28.5. The molecule has 0 bridgehead atoms. The van der Waals surface area contributed by atoms with Gasteiger partial charge in [-0.1, -0.05) is 18.2 Å². The van der Waals surface area contributed by atoms with Crippen molar-refractivity contribution in [2.75, 3.05) is 34.5 Å². The first-order chi connectivity index (χ1) is 19.4. The van der Waals surface area contributed by atoms with Crippen LogP contribution in [0.3, 0.4) is 0 Å². The number of aromatic amines is 1. The number of aromatic nitrogens is 1. The van der Waals surface area contributed by atoms with Crippen molar-refractivity contribution >= 4 is 22.9 Å². The van der Waals surface area contributed by atoms with Crippen LogP contribution in [0.1, 0.15) is 22.8 Å². The number of fused-ring (bicyclic) bond motifs is 1. The zero-order valence-electron chi connectivity index (χ0n) is 22.7. The molecule has 0 radical (unpaired) electrons. The van der Waals surface area contributed by atoms with Crippen LogP contribution in [-0.4, -0.2) is 61.7 Å². The Morgan fingerprint density at radius 1 is 0.950 bits per heavy atom. The Morgan fingerprint density at radius 2 is 1.70 bits per heavy atom. The van der Waals surface area contributed by atoms with E-state index in [0.717, 1.165) is 27.8 Å². The van der Waals surface area contributed by atoms with Crippen LogP contribution >= 0.6 is 0 Å². The Hall–Kier alpha value is -4.47. The first-order valence-electron chi connectivity index (χ1n) is 12.8. The average molecular weight is 547 g/mol. The Morgan fingerprint density at radius 3 is 2.40 bits per heavy atom. The van der Waals surface area contributed by atoms with Crippen LogP contribution < -0.4 is 24.3 Å². The molecule has 0 aliphatic rings. The van der Waals surface area contributed by atoms with E-state index in [9.17, 15) is 15.0 Å². The summed E-state index contributed by atoms with van der Waals surface area (Å²) in [4.78, 5) is 15.5. The van der Waals surface area contributed by atoms with Crippen molar-refractivity contribution < 1.29 is 34.0 Å². The molecule has 0 aliphatic carbocycles. The number of benzene rings is 3. The summed E-state index contributed by atoms with van der Waals surface area (Å²) in [6, 6.07) is 18.0. The Balaban J connectivity index is 1.38. The number of carbonyl (C=O) groups is 1. The van der Waals surface area contributed by atoms with Gasteiger partial charge in [-0.25, -0.2) is 0 Å². The molecule has 0 unspecified atom stereocenters. The van der Waals surface area contributed by atoms with Crippen molar-refractivity contribution in [3.8, 4) is 23.0 Å². The van der Waals surface area contributed by atoms with Crippen molar-refractivity contribution in [2.24, 2.45) is 0 Å². The molecular weight excluding hydrogens is 512 g/mol. The number of rotatable bonds is 13. The van der Waals surface area contributed by atoms with Gasteiger partial charge in [0.1, 0.15) is 17.6 Å². The van der Waals surface area contributed by atoms with E-state index in [4.69, 9.17) is 18.9 Å². The lowest BCUT2D eigenvalue weighted by Crippen LogP contribution is -2.29. The van der Waals surface area contributed by atoms with Crippen LogP contribution in [0.5, 0.6) is 23.0 Å². The normalized spacial score (nSPS) is 12.7. The highest BCUT2D eigenvalue weighted by atomic mass is 16.5. The smallest absolute Gasteiger partial charge is 0.244 e. The molecule has 4 rings (SSSR count). The van der Waals surface area contributed by atoms with Crippen LogP contribution in [0.2, 0.25) is 0 Å². The second kappa shape index (κ2) is 13.5. The highest BCUT2D eigenvalue weighted by Gasteiger charge is 2.24. The summed E-state index contributed by atoms with van der Waals surface area (Å²) in [5.74, 6) is 2.08. The van der Waals surface area contributed by atoms with Crippen LogP contribution in [-0.2, 0) is 11.2 Å². The number of aliphatic hydroxyl groups excluding tert-OH is 2. The lowest BCUT2D eigenvalue weighted by atomic mass is 10.0. The molecule has 0 aliphatic heterocycles. The van der Waals surface area contributed by atoms with E-state index in [1.54, 1.807) is 37.5 Å². The molecule has 0 fully saturated rings. The van der Waals surface area contributed by atoms with Gasteiger partial charge in [0, 0.05) is 29.7 Å². The SMILES string of the molecule is COc1ccc(/C=C/C(=O)NCCc2c[nH]c3ccc(O[C@@H](CO)[C@H](O)c4ccc(OC)c(OC)c4)cc23)cc1. The summed E-state index contributed by atoms with van der Waals surface area (Å²) in [5.41, 5.74) is 3.34. The largest absolute Gasteiger partial charge is 0.497 e. The minimum atomic E-state index is -1.10. The summed E-state index contributed by atoms with van der Waals surface area (Å²) in [7, 11) is 4.66. The molecule has 0 saturated heterocycles. The van der Waals surface area contributed by atoms with Gasteiger partial charge in [0.2, 0.25) is 5.91 Å². The van der Waals surface area contributed by atoms with Crippen molar-refractivity contribution in [3.63, 3.8) is 0 Å². The summed E-state index contributed by atoms with van der Waals surface area (Å²) < 4.78 is 21.7. The standard InChI is InChI=1S/C31H34N2O7/c1-37-23-8-4-20(5-9-23)6-13-30(35)32-15-14-22-18-33-26-11-10-24(17-25(22)26)40-29(19-34)31(36)21-7-12-27(38-2)28(16-21)39-3/h4-13,16-18,29,31,33-34,36H,14-15,19H2,1-3H3,(H,32,35)/b13-6+/t29-,31+/m0/s1. The third-order valence-electron chi connectivity index (χ3n) is 6.54. The molecule has 210 valence electrons. The van der Waals surface area contributed by atoms with Crippen LogP contribution in [0, 0.1) is 0 Å². The van der Waals surface area contributed by atoms with E-state index >= 15 is 0 Å². The fourth-order valence-electron chi connectivity index (χ4n) is 4.33. The molecule has 9 nitrogen and oxygen atoms in total. The maximum atomic E-state index is 12.3. The van der Waals surface area contributed by atoms with E-state index < -0.39 is 18.8 Å². The number of carbonyl (C=O) groups excluding carboxylic acids is 1. The second-order valence-corrected chi connectivity index (χ2v) is 9.07. The molecule has 1 amide bonds. The molecule has 4 N–H and O–H groups in total. The van der Waals surface area contributed by atoms with E-state index in [0.29, 0.717) is 35.8 Å². The summed E-state index contributed by atoms with van der Waals surface area (Å²) in [5, 5.41) is 24.7. The van der Waals surface area contributed by atoms with Gasteiger partial charge < -0.3 is 39.5 Å². The van der Waals surface area contributed by atoms with Gasteiger partial charge in [0.15, 0.2) is 17.6 Å². The predicted octanol–water partition coefficient (Wildman–Crippen LogP) is 4.04. The predicted molar refractivity (Wildman–Crippen MR) is 153 cm³/mol. The first-order valence-corrected chi connectivity index (χ1v) is 12.8. The molecular formula is C31H34N2O7. The quantitative estimate of drug-likeness (QED) is 0.187. The Labute approximate surface area is 233 Å². The zero-order valence-corrected chi connectivity index (χ0v) is 22.7. The summed E-state index contributed by atoms with van der Waals surface area (Å²) in [6.07, 6.45) is 3.74. The molecule has 1 heterocycles. The van der Waals surface area contributed by atoms with E-state index in [1.807, 2.05) is 42.6 Å². The van der Waals surface area contributed by atoms with Gasteiger partial charge in [-0.15, -0.1) is 0 Å². The van der Waals surface area contributed by atoms with Gasteiger partial charge in [-0.2, -0.15) is 0 Å². The molecule has 3 aromatic carbocycles. The zero-order chi connectivity index (χ0) is 28.5. The fraction of sp³-hybridized carbons (Fsp3) is 0.258. The van der Waals surface area contributed by atoms with E-state index in [2.05, 4.69) is 10.3 Å². The van der Waals surface area contributed by atoms with E-state index in [-0.39, 0.29) is 5.91 Å². The Bertz CT molecular complexity index is 1450. The maximum Gasteiger partial charge on any atom is 0.244 e. The van der Waals surface area contributed by atoms with Crippen LogP contribution in [0.25, 0.3) is 17.0 Å². The maximum absolute atomic E-state index is 12.3. The topological polar surface area (TPSA) is 122 Å². The highest BCUT2D eigenvalue weighted by molar-refractivity contribution is 5.91. The number of methoxy groups -OCH3 is 3. The van der Waals surface area contributed by atoms with Gasteiger partial charge in [-0.3, -0.25) is 4.79 Å². The van der Waals surface area contributed by atoms with Crippen molar-refractivity contribution in [1.29, 1.82) is 0 Å². The monoisotopic (exact) mass is 546 g/mol. The number of hydrogen-bond donors (Lipinski definition) is 4. The number of aliphatic hydroxyl groups is 2. The molecule has 1 aromatic heterocycles. The van der Waals surface area contributed by atoms with Crippen LogP contribution in [0.15, 0.2) is 72.9 Å². The minimum Gasteiger partial charge on any atom is -0.497 e. The lowest BCUT2D eigenvalue weighted by molar-refractivity contribution is -0.116. The van der Waals surface area contributed by atoms with Gasteiger partial charge in [-0.05, 0) is 71.7 Å². The van der Waals surface area contributed by atoms with Gasteiger partial charge in [0.25, 0.3) is 0 Å². The fourth-order valence-corrected chi connectivity index (χ4v) is 4.33. The molecule has 40 heavy (non-hydrogen) atoms. The highest BCUT2D eigenvalue weighted by Crippen LogP contribution is 2.32. The number of amides is 1. The number of nitrogens with one attached hydrogen (secondary N) is 2. The van der Waals surface area contributed by atoms with Crippen LogP contribution in [0.4, 0.5) is 0 Å². The lowest BCUT2D eigenvalue weighted by Gasteiger charge is -2.23. The van der Waals surface area contributed by atoms with Crippen molar-refractivity contribution in [3.05, 3.63) is 89.6 Å². The van der Waals surface area contributed by atoms with Gasteiger partial charge >= 0.3 is 0 Å². The Kier molecular flexibility index (Phi) is 9.66. The number of H-pyrrole nitrogens is 1. The third kappa shape index (κ3) is 6.93. The number of hydrogen-bond acceptors (Lipinski definition) is 7. The van der Waals surface area contributed by atoms with E-state index in [1.165, 1.54) is 20.3 Å². The molecule has 9 heteroatoms. The molecule has 4 aromatic rings. The van der Waals surface area contributed by atoms with Crippen molar-refractivity contribution in [2.45, 2.75) is 18.6 Å². The summed E-state index contributed by atoms with van der Waals surface area (Å²) >= 11 is 0. The number of ether oxygens (including phenoxy) is 4. The van der Waals surface area contributed by atoms with Gasteiger partial charge in [0.05, 0.1) is 27.9 Å². The molecule has 0 saturated carbocycles. The molecule has 2 atom stereocenters.